The molecule has 0 N–H and O–H groups in total. The second-order valence-electron chi connectivity index (χ2n) is 3.40. The van der Waals surface area contributed by atoms with Gasteiger partial charge in [-0.05, 0) is 12.1 Å². The van der Waals surface area contributed by atoms with Gasteiger partial charge in [0.1, 0.15) is 5.52 Å². The molecule has 0 atom stereocenters. The summed E-state index contributed by atoms with van der Waals surface area (Å²) in [5, 5.41) is 0. The van der Waals surface area contributed by atoms with Crippen LogP contribution in [-0.4, -0.2) is 27.3 Å². The molecular formula is C8H6BNO4S2. The number of benzene rings is 1. The van der Waals surface area contributed by atoms with Crippen LogP contribution in [0.15, 0.2) is 16.5 Å². The summed E-state index contributed by atoms with van der Waals surface area (Å²) >= 11 is 1.14. The van der Waals surface area contributed by atoms with Crippen LogP contribution >= 0.6 is 11.3 Å². The molecule has 82 valence electrons. The average Bonchev–Trinajstić information content (AvgIpc) is 2.81. The fraction of sp³-hybridized carbons (Fsp3) is 0.125. The summed E-state index contributed by atoms with van der Waals surface area (Å²) in [5.74, 6) is 1.14. The van der Waals surface area contributed by atoms with Crippen molar-refractivity contribution in [3.63, 3.8) is 0 Å². The Hall–Kier alpha value is -1.28. The van der Waals surface area contributed by atoms with Crippen molar-refractivity contribution in [3.8, 4) is 11.5 Å². The quantitative estimate of drug-likeness (QED) is 0.688. The number of hydrogen-bond donors (Lipinski definition) is 0. The number of hydrogen-bond acceptors (Lipinski definition) is 6. The topological polar surface area (TPSA) is 65.5 Å². The van der Waals surface area contributed by atoms with Crippen LogP contribution in [0.3, 0.4) is 0 Å². The Bertz CT molecular complexity index is 679. The maximum Gasteiger partial charge on any atom is 0.265 e. The molecule has 0 saturated heterocycles. The minimum absolute atomic E-state index is 0.103. The number of aromatic nitrogens is 1. The summed E-state index contributed by atoms with van der Waals surface area (Å²) in [4.78, 5) is 4.08. The molecule has 3 rings (SSSR count). The van der Waals surface area contributed by atoms with Gasteiger partial charge in [-0.1, -0.05) is 0 Å². The third-order valence-electron chi connectivity index (χ3n) is 2.19. The van der Waals surface area contributed by atoms with Crippen LogP contribution in [-0.2, 0) is 9.69 Å². The van der Waals surface area contributed by atoms with Gasteiger partial charge in [0.25, 0.3) is 7.12 Å². The number of ether oxygens (including phenoxy) is 2. The lowest BCUT2D eigenvalue weighted by Crippen LogP contribution is -1.97. The highest BCUT2D eigenvalue weighted by Crippen LogP contribution is 2.41. The lowest BCUT2D eigenvalue weighted by molar-refractivity contribution is 0.174. The smallest absolute Gasteiger partial charge is 0.265 e. The summed E-state index contributed by atoms with van der Waals surface area (Å²) in [5.41, 5.74) is 0.556. The van der Waals surface area contributed by atoms with Gasteiger partial charge in [-0.3, -0.25) is 0 Å². The highest BCUT2D eigenvalue weighted by Gasteiger charge is 2.22. The monoisotopic (exact) mass is 255 g/mol. The van der Waals surface area contributed by atoms with Crippen molar-refractivity contribution in [1.29, 1.82) is 0 Å². The molecule has 1 aliphatic rings. The normalized spacial score (nSPS) is 14.5. The van der Waals surface area contributed by atoms with Gasteiger partial charge >= 0.3 is 0 Å². The van der Waals surface area contributed by atoms with Crippen molar-refractivity contribution < 1.29 is 17.9 Å². The highest BCUT2D eigenvalue weighted by atomic mass is 32.2. The van der Waals surface area contributed by atoms with E-state index in [0.717, 1.165) is 23.2 Å². The predicted molar refractivity (Wildman–Crippen MR) is 61.5 cm³/mol. The second-order valence-corrected chi connectivity index (χ2v) is 6.62. The molecule has 16 heavy (non-hydrogen) atoms. The van der Waals surface area contributed by atoms with Gasteiger partial charge in [0.2, 0.25) is 6.79 Å². The van der Waals surface area contributed by atoms with E-state index in [1.807, 2.05) is 0 Å². The van der Waals surface area contributed by atoms with Gasteiger partial charge in [-0.15, -0.1) is 11.3 Å². The maximum atomic E-state index is 11.4. The molecule has 2 aromatic rings. The van der Waals surface area contributed by atoms with Crippen LogP contribution in [0.5, 0.6) is 11.5 Å². The molecule has 8 heteroatoms. The van der Waals surface area contributed by atoms with Crippen LogP contribution < -0.4 is 9.47 Å². The van der Waals surface area contributed by atoms with Gasteiger partial charge in [-0.2, -0.15) is 0 Å². The molecule has 0 unspecified atom stereocenters. The Morgan fingerprint density at radius 1 is 1.38 bits per heavy atom. The number of fused-ring (bicyclic) bond motifs is 3. The van der Waals surface area contributed by atoms with E-state index in [1.54, 1.807) is 12.1 Å². The molecule has 5 nitrogen and oxygen atoms in total. The second kappa shape index (κ2) is 3.11. The summed E-state index contributed by atoms with van der Waals surface area (Å²) in [6.45, 7) is 0.153. The van der Waals surface area contributed by atoms with Crippen molar-refractivity contribution in [3.05, 3.63) is 12.1 Å². The molecule has 1 aliphatic heterocycles. The zero-order valence-electron chi connectivity index (χ0n) is 8.26. The fourth-order valence-corrected chi connectivity index (χ4v) is 3.32. The van der Waals surface area contributed by atoms with Crippen molar-refractivity contribution in [2.45, 2.75) is 4.34 Å². The molecule has 2 heterocycles. The van der Waals surface area contributed by atoms with Gasteiger partial charge in [0.15, 0.2) is 25.5 Å². The van der Waals surface area contributed by atoms with E-state index in [4.69, 9.17) is 9.47 Å². The van der Waals surface area contributed by atoms with Crippen LogP contribution in [0.25, 0.3) is 10.2 Å². The van der Waals surface area contributed by atoms with E-state index < -0.39 is 9.69 Å². The molecule has 0 bridgehead atoms. The predicted octanol–water partition coefficient (Wildman–Crippen LogP) is 0.347. The van der Waals surface area contributed by atoms with Crippen molar-refractivity contribution >= 4 is 38.4 Å². The molecule has 1 aromatic carbocycles. The van der Waals surface area contributed by atoms with E-state index >= 15 is 0 Å². The van der Waals surface area contributed by atoms with Crippen LogP contribution in [0.4, 0.5) is 0 Å². The third kappa shape index (κ3) is 1.37. The molecular weight excluding hydrogens is 249 g/mol. The van der Waals surface area contributed by atoms with Crippen molar-refractivity contribution in [2.75, 3.05) is 6.79 Å². The van der Waals surface area contributed by atoms with Crippen LogP contribution in [0.1, 0.15) is 0 Å². The standard InChI is InChI=1S/C8H6BNO4S2/c9-16(11,12)8-10-6-5(15-8)2-1-4-7(6)14-3-13-4/h1-2H,3,9H2. The molecule has 0 fully saturated rings. The SMILES string of the molecule is BS(=O)(=O)c1nc2c3c(ccc2s1)OCO3. The Kier molecular flexibility index (Phi) is 1.93. The van der Waals surface area contributed by atoms with Crippen LogP contribution in [0, 0.1) is 0 Å². The molecule has 0 saturated carbocycles. The van der Waals surface area contributed by atoms with E-state index in [0.29, 0.717) is 17.0 Å². The van der Waals surface area contributed by atoms with E-state index in [2.05, 4.69) is 4.98 Å². The van der Waals surface area contributed by atoms with Gasteiger partial charge in [0.05, 0.1) is 4.70 Å². The minimum Gasteiger partial charge on any atom is -0.454 e. The first kappa shape index (κ1) is 9.92. The Morgan fingerprint density at radius 2 is 2.19 bits per heavy atom. The maximum absolute atomic E-state index is 11.4. The Morgan fingerprint density at radius 3 is 2.94 bits per heavy atom. The third-order valence-corrected chi connectivity index (χ3v) is 4.89. The first-order valence-electron chi connectivity index (χ1n) is 4.45. The van der Waals surface area contributed by atoms with E-state index in [9.17, 15) is 8.42 Å². The average molecular weight is 255 g/mol. The zero-order chi connectivity index (χ0) is 11.3. The summed E-state index contributed by atoms with van der Waals surface area (Å²) in [7, 11) is -2.13. The van der Waals surface area contributed by atoms with Gasteiger partial charge in [-0.25, -0.2) is 13.4 Å². The molecule has 0 radical (unpaired) electrons. The molecule has 0 amide bonds. The molecule has 0 aliphatic carbocycles. The first-order valence-corrected chi connectivity index (χ1v) is 7.16. The highest BCUT2D eigenvalue weighted by molar-refractivity contribution is 8.13. The van der Waals surface area contributed by atoms with Crippen molar-refractivity contribution in [1.82, 2.24) is 4.98 Å². The molecule has 1 aromatic heterocycles. The zero-order valence-corrected chi connectivity index (χ0v) is 9.89. The van der Waals surface area contributed by atoms with Crippen LogP contribution in [0.2, 0.25) is 0 Å². The number of nitrogens with zero attached hydrogens (tertiary/aromatic N) is 1. The van der Waals surface area contributed by atoms with E-state index in [-0.39, 0.29) is 11.1 Å². The number of rotatable bonds is 1. The number of thiazole rings is 1. The fourth-order valence-electron chi connectivity index (χ4n) is 1.49. The van der Waals surface area contributed by atoms with Crippen molar-refractivity contribution in [2.24, 2.45) is 0 Å². The Balaban J connectivity index is 2.34. The summed E-state index contributed by atoms with van der Waals surface area (Å²) in [6, 6.07) is 3.55. The minimum atomic E-state index is -3.27. The lowest BCUT2D eigenvalue weighted by Gasteiger charge is -1.94. The largest absolute Gasteiger partial charge is 0.454 e. The summed E-state index contributed by atoms with van der Waals surface area (Å²) < 4.78 is 34.1. The Labute approximate surface area is 96.2 Å². The summed E-state index contributed by atoms with van der Waals surface area (Å²) in [6.07, 6.45) is 0. The van der Waals surface area contributed by atoms with E-state index in [1.165, 1.54) is 0 Å². The lowest BCUT2D eigenvalue weighted by atomic mass is 10.3. The van der Waals surface area contributed by atoms with Gasteiger partial charge < -0.3 is 9.47 Å². The molecule has 0 spiro atoms. The first-order chi connectivity index (χ1) is 7.55. The van der Waals surface area contributed by atoms with Gasteiger partial charge in [0, 0.05) is 0 Å².